The number of amides is 1. The minimum absolute atomic E-state index is 0.0621. The van der Waals surface area contributed by atoms with Crippen LogP contribution in [0.1, 0.15) is 42.1 Å². The van der Waals surface area contributed by atoms with Gasteiger partial charge < -0.3 is 19.3 Å². The van der Waals surface area contributed by atoms with Crippen molar-refractivity contribution in [2.24, 2.45) is 0 Å². The highest BCUT2D eigenvalue weighted by Gasteiger charge is 2.27. The Balaban J connectivity index is 1.36. The Morgan fingerprint density at radius 2 is 1.88 bits per heavy atom. The summed E-state index contributed by atoms with van der Waals surface area (Å²) in [4.78, 5) is 29.1. The first-order chi connectivity index (χ1) is 16.2. The van der Waals surface area contributed by atoms with Gasteiger partial charge in [0.2, 0.25) is 0 Å². The summed E-state index contributed by atoms with van der Waals surface area (Å²) in [6.45, 7) is 4.60. The summed E-state index contributed by atoms with van der Waals surface area (Å²) in [6, 6.07) is 12.0. The number of aliphatic hydroxyl groups excluding tert-OH is 1. The number of para-hydroxylation sites is 1. The number of fused-ring (bicyclic) bond motifs is 1. The Labute approximate surface area is 193 Å². The van der Waals surface area contributed by atoms with Crippen LogP contribution in [-0.4, -0.2) is 76.2 Å². The second-order valence-electron chi connectivity index (χ2n) is 8.87. The van der Waals surface area contributed by atoms with Gasteiger partial charge in [-0.25, -0.2) is 9.97 Å². The molecule has 0 saturated carbocycles. The maximum atomic E-state index is 12.6. The maximum Gasteiger partial charge on any atom is 0.289 e. The van der Waals surface area contributed by atoms with Crippen molar-refractivity contribution in [3.05, 3.63) is 54.2 Å². The number of carbonyl (C=O) groups excluding carboxylic acids is 1. The number of rotatable bonds is 6. The molecule has 1 amide bonds. The molecule has 33 heavy (non-hydrogen) atoms. The van der Waals surface area contributed by atoms with Crippen LogP contribution < -0.4 is 4.90 Å². The highest BCUT2D eigenvalue weighted by atomic mass is 16.3. The number of hydrogen-bond acceptors (Lipinski definition) is 7. The van der Waals surface area contributed by atoms with Crippen LogP contribution in [-0.2, 0) is 6.54 Å². The number of aliphatic hydroxyl groups is 1. The Bertz CT molecular complexity index is 1080. The number of carbonyl (C=O) groups is 1. The standard InChI is InChI=1S/C25H31N5O3/c31-16-10-19-6-3-4-11-30(19)18-23-26-21-8-2-1-7-20(21)24(27-23)28-12-14-29(15-13-28)25(32)22-9-5-17-33-22/h1-2,5,7-9,17,19,31H,3-4,6,10-16,18H2. The highest BCUT2D eigenvalue weighted by molar-refractivity contribution is 5.92. The Hall–Kier alpha value is -2.97. The van der Waals surface area contributed by atoms with Gasteiger partial charge in [-0.05, 0) is 50.1 Å². The number of furan rings is 1. The number of benzene rings is 1. The van der Waals surface area contributed by atoms with Gasteiger partial charge in [-0.15, -0.1) is 0 Å². The van der Waals surface area contributed by atoms with E-state index in [0.717, 1.165) is 41.9 Å². The molecule has 1 atom stereocenters. The molecule has 1 N–H and O–H groups in total. The largest absolute Gasteiger partial charge is 0.459 e. The van der Waals surface area contributed by atoms with Crippen LogP contribution in [0.3, 0.4) is 0 Å². The average Bonchev–Trinajstić information content (AvgIpc) is 3.40. The molecule has 0 bridgehead atoms. The molecule has 8 nitrogen and oxygen atoms in total. The van der Waals surface area contributed by atoms with Gasteiger partial charge in [-0.3, -0.25) is 9.69 Å². The van der Waals surface area contributed by atoms with Gasteiger partial charge in [0.1, 0.15) is 11.6 Å². The molecule has 1 aromatic carbocycles. The number of piperidine rings is 1. The van der Waals surface area contributed by atoms with Gasteiger partial charge >= 0.3 is 0 Å². The van der Waals surface area contributed by atoms with Crippen LogP contribution >= 0.6 is 0 Å². The normalized spacial score (nSPS) is 19.8. The Morgan fingerprint density at radius 1 is 1.03 bits per heavy atom. The monoisotopic (exact) mass is 449 g/mol. The van der Waals surface area contributed by atoms with Crippen molar-refractivity contribution >= 4 is 22.6 Å². The fourth-order valence-electron chi connectivity index (χ4n) is 5.02. The first-order valence-corrected chi connectivity index (χ1v) is 11.9. The summed E-state index contributed by atoms with van der Waals surface area (Å²) in [7, 11) is 0. The minimum atomic E-state index is -0.0621. The molecule has 2 aliphatic heterocycles. The van der Waals surface area contributed by atoms with Crippen LogP contribution in [0.15, 0.2) is 47.1 Å². The zero-order valence-electron chi connectivity index (χ0n) is 18.9. The molecule has 2 aliphatic rings. The molecule has 0 spiro atoms. The molecular formula is C25H31N5O3. The van der Waals surface area contributed by atoms with E-state index < -0.39 is 0 Å². The molecule has 0 aliphatic carbocycles. The van der Waals surface area contributed by atoms with Gasteiger partial charge in [0.15, 0.2) is 5.76 Å². The number of aromatic nitrogens is 2. The summed E-state index contributed by atoms with van der Waals surface area (Å²) in [6.07, 6.45) is 5.84. The molecule has 5 rings (SSSR count). The fourth-order valence-corrected chi connectivity index (χ4v) is 5.02. The van der Waals surface area contributed by atoms with Crippen molar-refractivity contribution in [1.82, 2.24) is 19.8 Å². The van der Waals surface area contributed by atoms with E-state index in [-0.39, 0.29) is 12.5 Å². The van der Waals surface area contributed by atoms with Crippen molar-refractivity contribution < 1.29 is 14.3 Å². The van der Waals surface area contributed by atoms with Crippen molar-refractivity contribution in [1.29, 1.82) is 0 Å². The quantitative estimate of drug-likeness (QED) is 0.619. The molecule has 1 unspecified atom stereocenters. The van der Waals surface area contributed by atoms with Gasteiger partial charge in [-0.1, -0.05) is 18.6 Å². The molecule has 2 saturated heterocycles. The molecule has 2 fully saturated rings. The summed E-state index contributed by atoms with van der Waals surface area (Å²) >= 11 is 0. The van der Waals surface area contributed by atoms with Crippen LogP contribution in [0.5, 0.6) is 0 Å². The first kappa shape index (κ1) is 21.9. The number of piperazine rings is 1. The minimum Gasteiger partial charge on any atom is -0.459 e. The third-order valence-electron chi connectivity index (χ3n) is 6.78. The SMILES string of the molecule is O=C(c1ccco1)N1CCN(c2nc(CN3CCCCC3CCO)nc3ccccc23)CC1. The molecular weight excluding hydrogens is 418 g/mol. The Morgan fingerprint density at radius 3 is 2.67 bits per heavy atom. The molecule has 3 aromatic rings. The molecule has 2 aromatic heterocycles. The number of nitrogens with zero attached hydrogens (tertiary/aromatic N) is 5. The fraction of sp³-hybridized carbons (Fsp3) is 0.480. The predicted molar refractivity (Wildman–Crippen MR) is 126 cm³/mol. The van der Waals surface area contributed by atoms with Crippen LogP contribution in [0.25, 0.3) is 10.9 Å². The van der Waals surface area contributed by atoms with Crippen molar-refractivity contribution in [2.45, 2.75) is 38.3 Å². The van der Waals surface area contributed by atoms with Gasteiger partial charge in [-0.2, -0.15) is 0 Å². The van der Waals surface area contributed by atoms with Crippen molar-refractivity contribution in [3.8, 4) is 0 Å². The van der Waals surface area contributed by atoms with Gasteiger partial charge in [0.05, 0.1) is 18.3 Å². The smallest absolute Gasteiger partial charge is 0.289 e. The summed E-state index contributed by atoms with van der Waals surface area (Å²) < 4.78 is 5.29. The number of hydrogen-bond donors (Lipinski definition) is 1. The van der Waals surface area contributed by atoms with E-state index in [9.17, 15) is 9.90 Å². The molecule has 4 heterocycles. The Kier molecular flexibility index (Phi) is 6.55. The van der Waals surface area contributed by atoms with Gasteiger partial charge in [0.25, 0.3) is 5.91 Å². The summed E-state index contributed by atoms with van der Waals surface area (Å²) in [5, 5.41) is 10.5. The lowest BCUT2D eigenvalue weighted by atomic mass is 9.99. The van der Waals surface area contributed by atoms with E-state index >= 15 is 0 Å². The second kappa shape index (κ2) is 9.89. The highest BCUT2D eigenvalue weighted by Crippen LogP contribution is 2.27. The lowest BCUT2D eigenvalue weighted by Gasteiger charge is -2.36. The first-order valence-electron chi connectivity index (χ1n) is 11.9. The van der Waals surface area contributed by atoms with E-state index in [1.165, 1.54) is 19.1 Å². The van der Waals surface area contributed by atoms with E-state index in [1.54, 1.807) is 12.1 Å². The molecule has 174 valence electrons. The number of likely N-dealkylation sites (tertiary alicyclic amines) is 1. The second-order valence-corrected chi connectivity index (χ2v) is 8.87. The van der Waals surface area contributed by atoms with Crippen LogP contribution in [0.4, 0.5) is 5.82 Å². The van der Waals surface area contributed by atoms with E-state index in [0.29, 0.717) is 44.5 Å². The average molecular weight is 450 g/mol. The number of anilines is 1. The van der Waals surface area contributed by atoms with Crippen molar-refractivity contribution in [3.63, 3.8) is 0 Å². The zero-order chi connectivity index (χ0) is 22.6. The lowest BCUT2D eigenvalue weighted by Crippen LogP contribution is -2.49. The van der Waals surface area contributed by atoms with Gasteiger partial charge in [0, 0.05) is 44.2 Å². The summed E-state index contributed by atoms with van der Waals surface area (Å²) in [5.41, 5.74) is 0.947. The summed E-state index contributed by atoms with van der Waals surface area (Å²) in [5.74, 6) is 2.09. The topological polar surface area (TPSA) is 85.9 Å². The third-order valence-corrected chi connectivity index (χ3v) is 6.78. The van der Waals surface area contributed by atoms with E-state index in [1.807, 2.05) is 23.1 Å². The third kappa shape index (κ3) is 4.72. The van der Waals surface area contributed by atoms with Crippen LogP contribution in [0, 0.1) is 0 Å². The molecule has 8 heteroatoms. The lowest BCUT2D eigenvalue weighted by molar-refractivity contribution is 0.0714. The van der Waals surface area contributed by atoms with Crippen LogP contribution in [0.2, 0.25) is 0 Å². The maximum absolute atomic E-state index is 12.6. The van der Waals surface area contributed by atoms with E-state index in [2.05, 4.69) is 15.9 Å². The predicted octanol–water partition coefficient (Wildman–Crippen LogP) is 2.92. The molecule has 0 radical (unpaired) electrons. The van der Waals surface area contributed by atoms with E-state index in [4.69, 9.17) is 14.4 Å². The zero-order valence-corrected chi connectivity index (χ0v) is 18.9. The van der Waals surface area contributed by atoms with Crippen molar-refractivity contribution in [2.75, 3.05) is 44.2 Å².